The highest BCUT2D eigenvalue weighted by Gasteiger charge is 2.22. The molecule has 140 valence electrons. The zero-order chi connectivity index (χ0) is 19.6. The third kappa shape index (κ3) is 4.08. The number of hydrogen-bond donors (Lipinski definition) is 2. The summed E-state index contributed by atoms with van der Waals surface area (Å²) < 4.78 is 28.6. The van der Waals surface area contributed by atoms with Gasteiger partial charge in [0.25, 0.3) is 0 Å². The largest absolute Gasteiger partial charge is 0.335 e. The molecule has 2 aromatic carbocycles. The minimum absolute atomic E-state index is 0.308. The number of nitrogen functional groups attached to an aromatic ring is 1. The average Bonchev–Trinajstić information content (AvgIpc) is 2.99. The molecule has 0 bridgehead atoms. The molecule has 0 fully saturated rings. The lowest BCUT2D eigenvalue weighted by Crippen LogP contribution is -2.24. The van der Waals surface area contributed by atoms with Crippen LogP contribution in [0, 0.1) is 18.6 Å². The van der Waals surface area contributed by atoms with E-state index < -0.39 is 28.5 Å². The number of anilines is 1. The van der Waals surface area contributed by atoms with E-state index in [0.29, 0.717) is 11.0 Å². The van der Waals surface area contributed by atoms with Gasteiger partial charge in [-0.05, 0) is 26.0 Å². The van der Waals surface area contributed by atoms with E-state index >= 15 is 0 Å². The van der Waals surface area contributed by atoms with Crippen LogP contribution in [-0.2, 0) is 4.79 Å². The predicted molar refractivity (Wildman–Crippen MR) is 101 cm³/mol. The van der Waals surface area contributed by atoms with Gasteiger partial charge in [0.2, 0.25) is 11.1 Å². The molecule has 0 unspecified atom stereocenters. The number of nitrogens with zero attached hydrogens (tertiary/aromatic N) is 3. The van der Waals surface area contributed by atoms with E-state index in [0.717, 1.165) is 35.0 Å². The standard InChI is InChI=1S/C18H17F2N5OS/c1-10-6-8-12(9-7-10)16-23-24-18(25(16)21)27-11(2)17(26)22-15-13(19)4-3-5-14(15)20/h3-9,11H,21H2,1-2H3,(H,22,26)/t11-/m1/s1. The van der Waals surface area contributed by atoms with Crippen molar-refractivity contribution in [1.82, 2.24) is 14.9 Å². The molecule has 0 radical (unpaired) electrons. The number of nitrogens with one attached hydrogen (secondary N) is 1. The van der Waals surface area contributed by atoms with Gasteiger partial charge in [-0.15, -0.1) is 10.2 Å². The zero-order valence-corrected chi connectivity index (χ0v) is 15.4. The summed E-state index contributed by atoms with van der Waals surface area (Å²) in [7, 11) is 0. The van der Waals surface area contributed by atoms with E-state index in [1.165, 1.54) is 10.7 Å². The fraction of sp³-hybridized carbons (Fsp3) is 0.167. The molecule has 0 aliphatic heterocycles. The van der Waals surface area contributed by atoms with E-state index in [9.17, 15) is 13.6 Å². The van der Waals surface area contributed by atoms with Crippen molar-refractivity contribution >= 4 is 23.4 Å². The molecule has 1 aromatic heterocycles. The van der Waals surface area contributed by atoms with Crippen LogP contribution in [0.1, 0.15) is 12.5 Å². The maximum atomic E-state index is 13.7. The van der Waals surface area contributed by atoms with Crippen molar-refractivity contribution in [2.24, 2.45) is 0 Å². The van der Waals surface area contributed by atoms with Crippen molar-refractivity contribution in [1.29, 1.82) is 0 Å². The number of hydrogen-bond acceptors (Lipinski definition) is 5. The number of nitrogens with two attached hydrogens (primary N) is 1. The van der Waals surface area contributed by atoms with Crippen LogP contribution in [0.4, 0.5) is 14.5 Å². The van der Waals surface area contributed by atoms with Gasteiger partial charge in [-0.25, -0.2) is 13.5 Å². The molecule has 1 heterocycles. The number of halogens is 2. The highest BCUT2D eigenvalue weighted by Crippen LogP contribution is 2.26. The van der Waals surface area contributed by atoms with Gasteiger partial charge in [-0.2, -0.15) is 0 Å². The Balaban J connectivity index is 1.73. The summed E-state index contributed by atoms with van der Waals surface area (Å²) in [5.41, 5.74) is 1.40. The molecule has 0 saturated carbocycles. The Hall–Kier alpha value is -2.94. The lowest BCUT2D eigenvalue weighted by atomic mass is 10.1. The number of aryl methyl sites for hydroxylation is 1. The highest BCUT2D eigenvalue weighted by molar-refractivity contribution is 8.00. The molecule has 3 aromatic rings. The van der Waals surface area contributed by atoms with Crippen molar-refractivity contribution in [2.75, 3.05) is 11.2 Å². The molecule has 0 aliphatic rings. The van der Waals surface area contributed by atoms with Crippen LogP contribution >= 0.6 is 11.8 Å². The predicted octanol–water partition coefficient (Wildman–Crippen LogP) is 3.36. The van der Waals surface area contributed by atoms with Crippen molar-refractivity contribution < 1.29 is 13.6 Å². The molecule has 3 N–H and O–H groups in total. The van der Waals surface area contributed by atoms with Gasteiger partial charge in [0.1, 0.15) is 17.3 Å². The van der Waals surface area contributed by atoms with Crippen LogP contribution in [0.3, 0.4) is 0 Å². The molecule has 0 spiro atoms. The summed E-state index contributed by atoms with van der Waals surface area (Å²) in [6.07, 6.45) is 0. The van der Waals surface area contributed by atoms with Crippen LogP contribution in [0.2, 0.25) is 0 Å². The fourth-order valence-corrected chi connectivity index (χ4v) is 3.08. The summed E-state index contributed by atoms with van der Waals surface area (Å²) in [6.45, 7) is 3.55. The normalized spacial score (nSPS) is 12.0. The second-order valence-corrected chi connectivity index (χ2v) is 7.20. The summed E-state index contributed by atoms with van der Waals surface area (Å²) in [5.74, 6) is 4.22. The third-order valence-electron chi connectivity index (χ3n) is 3.84. The summed E-state index contributed by atoms with van der Waals surface area (Å²) in [5, 5.41) is 9.91. The first-order valence-electron chi connectivity index (χ1n) is 8.06. The molecule has 1 atom stereocenters. The quantitative estimate of drug-likeness (QED) is 0.516. The number of carbonyl (C=O) groups is 1. The fourth-order valence-electron chi connectivity index (χ4n) is 2.31. The van der Waals surface area contributed by atoms with E-state index in [1.807, 2.05) is 31.2 Å². The smallest absolute Gasteiger partial charge is 0.237 e. The number of aromatic nitrogens is 3. The number of amides is 1. The second kappa shape index (κ2) is 7.75. The topological polar surface area (TPSA) is 85.8 Å². The number of rotatable bonds is 5. The van der Waals surface area contributed by atoms with E-state index in [4.69, 9.17) is 5.84 Å². The van der Waals surface area contributed by atoms with Gasteiger partial charge in [0, 0.05) is 5.56 Å². The first-order chi connectivity index (χ1) is 12.9. The Bertz CT molecular complexity index is 954. The van der Waals surface area contributed by atoms with Gasteiger partial charge in [-0.1, -0.05) is 47.7 Å². The first-order valence-corrected chi connectivity index (χ1v) is 8.94. The summed E-state index contributed by atoms with van der Waals surface area (Å²) in [4.78, 5) is 12.3. The molecular weight excluding hydrogens is 372 g/mol. The van der Waals surface area contributed by atoms with Crippen LogP contribution in [0.5, 0.6) is 0 Å². The Kier molecular flexibility index (Phi) is 5.41. The third-order valence-corrected chi connectivity index (χ3v) is 4.89. The monoisotopic (exact) mass is 389 g/mol. The minimum atomic E-state index is -0.843. The molecule has 9 heteroatoms. The molecule has 27 heavy (non-hydrogen) atoms. The Morgan fingerprint density at radius 3 is 2.41 bits per heavy atom. The van der Waals surface area contributed by atoms with Crippen LogP contribution in [-0.4, -0.2) is 26.0 Å². The Morgan fingerprint density at radius 1 is 1.15 bits per heavy atom. The minimum Gasteiger partial charge on any atom is -0.335 e. The lowest BCUT2D eigenvalue weighted by molar-refractivity contribution is -0.115. The number of carbonyl (C=O) groups excluding carboxylic acids is 1. The maximum absolute atomic E-state index is 13.7. The van der Waals surface area contributed by atoms with Crippen LogP contribution in [0.25, 0.3) is 11.4 Å². The van der Waals surface area contributed by atoms with Crippen molar-refractivity contribution in [2.45, 2.75) is 24.3 Å². The number of benzene rings is 2. The Labute approximate surface area is 158 Å². The molecule has 0 aliphatic carbocycles. The Morgan fingerprint density at radius 2 is 1.78 bits per heavy atom. The number of thioether (sulfide) groups is 1. The summed E-state index contributed by atoms with van der Waals surface area (Å²) >= 11 is 1.04. The van der Waals surface area contributed by atoms with Crippen molar-refractivity contribution in [3.8, 4) is 11.4 Å². The highest BCUT2D eigenvalue weighted by atomic mass is 32.2. The van der Waals surface area contributed by atoms with E-state index in [2.05, 4.69) is 15.5 Å². The summed E-state index contributed by atoms with van der Waals surface area (Å²) in [6, 6.07) is 11.0. The maximum Gasteiger partial charge on any atom is 0.237 e. The zero-order valence-electron chi connectivity index (χ0n) is 14.6. The van der Waals surface area contributed by atoms with Gasteiger partial charge in [0.15, 0.2) is 5.82 Å². The molecule has 0 saturated heterocycles. The second-order valence-electron chi connectivity index (χ2n) is 5.89. The van der Waals surface area contributed by atoms with E-state index in [-0.39, 0.29) is 0 Å². The van der Waals surface area contributed by atoms with Gasteiger partial charge >= 0.3 is 0 Å². The SMILES string of the molecule is Cc1ccc(-c2nnc(S[C@H](C)C(=O)Nc3c(F)cccc3F)n2N)cc1. The van der Waals surface area contributed by atoms with Gasteiger partial charge in [-0.3, -0.25) is 4.79 Å². The molecule has 3 rings (SSSR count). The van der Waals surface area contributed by atoms with Crippen LogP contribution < -0.4 is 11.2 Å². The number of para-hydroxylation sites is 1. The molecule has 6 nitrogen and oxygen atoms in total. The van der Waals surface area contributed by atoms with Gasteiger partial charge in [0.05, 0.1) is 5.25 Å². The first kappa shape index (κ1) is 18.8. The van der Waals surface area contributed by atoms with Crippen molar-refractivity contribution in [3.63, 3.8) is 0 Å². The average molecular weight is 389 g/mol. The van der Waals surface area contributed by atoms with Crippen LogP contribution in [0.15, 0.2) is 47.6 Å². The van der Waals surface area contributed by atoms with E-state index in [1.54, 1.807) is 6.92 Å². The molecule has 1 amide bonds. The van der Waals surface area contributed by atoms with Crippen molar-refractivity contribution in [3.05, 3.63) is 59.7 Å². The van der Waals surface area contributed by atoms with Gasteiger partial charge < -0.3 is 11.2 Å². The lowest BCUT2D eigenvalue weighted by Gasteiger charge is -2.12. The molecular formula is C18H17F2N5OS.